The van der Waals surface area contributed by atoms with E-state index in [1.807, 2.05) is 0 Å². The Hall–Kier alpha value is -2.76. The van der Waals surface area contributed by atoms with Crippen LogP contribution >= 0.6 is 0 Å². The third kappa shape index (κ3) is 3.84. The van der Waals surface area contributed by atoms with Gasteiger partial charge in [-0.2, -0.15) is 0 Å². The fourth-order valence-corrected chi connectivity index (χ4v) is 3.03. The van der Waals surface area contributed by atoms with Gasteiger partial charge in [-0.15, -0.1) is 0 Å². The van der Waals surface area contributed by atoms with E-state index in [9.17, 15) is 24.6 Å². The van der Waals surface area contributed by atoms with E-state index in [0.717, 1.165) is 0 Å². The van der Waals surface area contributed by atoms with Crippen LogP contribution in [-0.2, 0) is 18.3 Å². The molecule has 4 atom stereocenters. The van der Waals surface area contributed by atoms with Crippen LogP contribution in [0.3, 0.4) is 0 Å². The Morgan fingerprint density at radius 3 is 2.78 bits per heavy atom. The van der Waals surface area contributed by atoms with Crippen LogP contribution < -0.4 is 16.6 Å². The Labute approximate surface area is 153 Å². The Kier molecular flexibility index (Phi) is 5.26. The summed E-state index contributed by atoms with van der Waals surface area (Å²) in [5.41, 5.74) is -0.745. The number of rotatable bonds is 4. The third-order valence-electron chi connectivity index (χ3n) is 4.58. The van der Waals surface area contributed by atoms with Crippen LogP contribution in [0.15, 0.2) is 28.0 Å². The van der Waals surface area contributed by atoms with Crippen LogP contribution in [0.5, 0.6) is 0 Å². The number of aryl methyl sites for hydroxylation is 2. The number of H-pyrrole nitrogens is 1. The molecule has 1 aliphatic heterocycles. The number of carbonyl (C=O) groups excluding carboxylic acids is 1. The minimum atomic E-state index is -1.34. The van der Waals surface area contributed by atoms with Gasteiger partial charge in [0.05, 0.1) is 19.2 Å². The zero-order valence-corrected chi connectivity index (χ0v) is 14.8. The van der Waals surface area contributed by atoms with E-state index in [4.69, 9.17) is 4.74 Å². The highest BCUT2D eigenvalue weighted by Crippen LogP contribution is 2.17. The highest BCUT2D eigenvalue weighted by atomic mass is 16.5. The molecule has 146 valence electrons. The molecule has 11 nitrogen and oxygen atoms in total. The molecule has 2 aromatic heterocycles. The average molecular weight is 379 g/mol. The lowest BCUT2D eigenvalue weighted by Gasteiger charge is -2.38. The molecule has 0 aromatic carbocycles. The van der Waals surface area contributed by atoms with Gasteiger partial charge in [0.2, 0.25) is 0 Å². The van der Waals surface area contributed by atoms with Gasteiger partial charge in [-0.25, -0.2) is 9.78 Å². The monoisotopic (exact) mass is 379 g/mol. The second-order valence-corrected chi connectivity index (χ2v) is 6.49. The highest BCUT2D eigenvalue weighted by molar-refractivity contribution is 5.91. The minimum Gasteiger partial charge on any atom is -0.388 e. The fraction of sp³-hybridized carbons (Fsp3) is 0.500. The second kappa shape index (κ2) is 7.47. The van der Waals surface area contributed by atoms with Gasteiger partial charge in [0.1, 0.15) is 18.3 Å². The molecule has 0 unspecified atom stereocenters. The van der Waals surface area contributed by atoms with Crippen molar-refractivity contribution >= 4 is 5.91 Å². The number of nitrogens with zero attached hydrogens (tertiary/aromatic N) is 3. The number of nitrogens with one attached hydrogen (secondary N) is 2. The van der Waals surface area contributed by atoms with Crippen LogP contribution in [0.1, 0.15) is 16.3 Å². The SMILES string of the molecule is Cc1cc(=O)[nH]c(=O)n1C[C@H]1OC[C@@H](NC(=O)c2nccn2C)[C@H](O)[C@@H]1O. The molecule has 0 aliphatic carbocycles. The number of aliphatic hydroxyl groups excluding tert-OH is 2. The predicted octanol–water partition coefficient (Wildman–Crippen LogP) is -2.50. The van der Waals surface area contributed by atoms with E-state index >= 15 is 0 Å². The molecule has 1 amide bonds. The number of hydrogen-bond acceptors (Lipinski definition) is 7. The largest absolute Gasteiger partial charge is 0.388 e. The zero-order chi connectivity index (χ0) is 19.7. The van der Waals surface area contributed by atoms with Crippen molar-refractivity contribution in [3.8, 4) is 0 Å². The van der Waals surface area contributed by atoms with Gasteiger partial charge in [-0.3, -0.25) is 19.1 Å². The van der Waals surface area contributed by atoms with Crippen molar-refractivity contribution in [3.63, 3.8) is 0 Å². The molecule has 27 heavy (non-hydrogen) atoms. The van der Waals surface area contributed by atoms with Crippen LogP contribution in [0.25, 0.3) is 0 Å². The Morgan fingerprint density at radius 2 is 2.15 bits per heavy atom. The standard InChI is InChI=1S/C16H21N5O6/c1-8-5-11(22)19-16(26)21(8)6-10-13(24)12(23)9(7-27-10)18-15(25)14-17-3-4-20(14)2/h3-5,9-10,12-13,23-24H,6-7H2,1-2H3,(H,18,25)(H,19,22,26)/t9-,10-,12+,13-/m1/s1. The van der Waals surface area contributed by atoms with Gasteiger partial charge >= 0.3 is 5.69 Å². The summed E-state index contributed by atoms with van der Waals surface area (Å²) >= 11 is 0. The number of hydrogen-bond donors (Lipinski definition) is 4. The summed E-state index contributed by atoms with van der Waals surface area (Å²) in [6.45, 7) is 1.47. The number of aliphatic hydroxyl groups is 2. The van der Waals surface area contributed by atoms with Crippen molar-refractivity contribution in [3.05, 3.63) is 50.8 Å². The maximum absolute atomic E-state index is 12.2. The second-order valence-electron chi connectivity index (χ2n) is 6.49. The van der Waals surface area contributed by atoms with Crippen molar-refractivity contribution in [1.29, 1.82) is 0 Å². The molecule has 0 radical (unpaired) electrons. The summed E-state index contributed by atoms with van der Waals surface area (Å²) in [4.78, 5) is 41.5. The lowest BCUT2D eigenvalue weighted by Crippen LogP contribution is -2.60. The maximum Gasteiger partial charge on any atom is 0.328 e. The number of carbonyl (C=O) groups is 1. The van der Waals surface area contributed by atoms with E-state index in [1.54, 1.807) is 20.2 Å². The van der Waals surface area contributed by atoms with E-state index in [2.05, 4.69) is 15.3 Å². The first-order valence-electron chi connectivity index (χ1n) is 8.34. The normalized spacial score (nSPS) is 25.3. The third-order valence-corrected chi connectivity index (χ3v) is 4.58. The van der Waals surface area contributed by atoms with Crippen molar-refractivity contribution in [2.24, 2.45) is 7.05 Å². The van der Waals surface area contributed by atoms with Crippen molar-refractivity contribution in [2.75, 3.05) is 6.61 Å². The quantitative estimate of drug-likeness (QED) is 0.458. The van der Waals surface area contributed by atoms with E-state index < -0.39 is 41.5 Å². The summed E-state index contributed by atoms with van der Waals surface area (Å²) in [7, 11) is 1.66. The van der Waals surface area contributed by atoms with Crippen molar-refractivity contribution in [1.82, 2.24) is 24.4 Å². The number of ether oxygens (including phenoxy) is 1. The Bertz CT molecular complexity index is 947. The van der Waals surface area contributed by atoms with Gasteiger partial charge in [0.15, 0.2) is 5.82 Å². The lowest BCUT2D eigenvalue weighted by atomic mass is 9.97. The van der Waals surface area contributed by atoms with Gasteiger partial charge in [0.25, 0.3) is 11.5 Å². The smallest absolute Gasteiger partial charge is 0.328 e. The van der Waals surface area contributed by atoms with Crippen LogP contribution in [0, 0.1) is 6.92 Å². The van der Waals surface area contributed by atoms with Crippen LogP contribution in [0.2, 0.25) is 0 Å². The Morgan fingerprint density at radius 1 is 1.41 bits per heavy atom. The molecule has 1 fully saturated rings. The Balaban J connectivity index is 1.69. The van der Waals surface area contributed by atoms with Crippen LogP contribution in [-0.4, -0.2) is 66.2 Å². The molecule has 0 bridgehead atoms. The van der Waals surface area contributed by atoms with Crippen LogP contribution in [0.4, 0.5) is 0 Å². The summed E-state index contributed by atoms with van der Waals surface area (Å²) < 4.78 is 8.33. The number of imidazole rings is 1. The molecular weight excluding hydrogens is 358 g/mol. The van der Waals surface area contributed by atoms with Gasteiger partial charge < -0.3 is 24.8 Å². The summed E-state index contributed by atoms with van der Waals surface area (Å²) in [6.07, 6.45) is -0.450. The zero-order valence-electron chi connectivity index (χ0n) is 14.8. The highest BCUT2D eigenvalue weighted by Gasteiger charge is 2.39. The molecule has 4 N–H and O–H groups in total. The molecule has 0 spiro atoms. The molecular formula is C16H21N5O6. The molecule has 1 saturated heterocycles. The first-order chi connectivity index (χ1) is 12.8. The minimum absolute atomic E-state index is 0.0558. The van der Waals surface area contributed by atoms with Gasteiger partial charge in [-0.1, -0.05) is 0 Å². The molecule has 11 heteroatoms. The van der Waals surface area contributed by atoms with Gasteiger partial charge in [-0.05, 0) is 6.92 Å². The van der Waals surface area contributed by atoms with Crippen molar-refractivity contribution < 1.29 is 19.7 Å². The summed E-state index contributed by atoms with van der Waals surface area (Å²) in [5, 5.41) is 23.3. The predicted molar refractivity (Wildman–Crippen MR) is 92.3 cm³/mol. The van der Waals surface area contributed by atoms with Gasteiger partial charge in [0, 0.05) is 31.2 Å². The number of aromatic nitrogens is 4. The van der Waals surface area contributed by atoms with E-state index in [-0.39, 0.29) is 19.0 Å². The summed E-state index contributed by atoms with van der Waals surface area (Å²) in [5.74, 6) is -0.345. The molecule has 0 saturated carbocycles. The average Bonchev–Trinajstić information content (AvgIpc) is 3.03. The van der Waals surface area contributed by atoms with E-state index in [1.165, 1.54) is 21.4 Å². The number of amides is 1. The first-order valence-corrected chi connectivity index (χ1v) is 8.34. The topological polar surface area (TPSA) is 151 Å². The first kappa shape index (κ1) is 19.0. The lowest BCUT2D eigenvalue weighted by molar-refractivity contribution is -0.152. The summed E-state index contributed by atoms with van der Waals surface area (Å²) in [6, 6.07) is 0.414. The number of aromatic amines is 1. The molecule has 2 aromatic rings. The molecule has 1 aliphatic rings. The van der Waals surface area contributed by atoms with Crippen molar-refractivity contribution in [2.45, 2.75) is 37.8 Å². The molecule has 3 heterocycles. The molecule has 3 rings (SSSR count). The van der Waals surface area contributed by atoms with E-state index in [0.29, 0.717) is 5.69 Å². The fourth-order valence-electron chi connectivity index (χ4n) is 3.03. The maximum atomic E-state index is 12.2.